The Morgan fingerprint density at radius 1 is 1.43 bits per heavy atom. The SMILES string of the molecule is N#CC1(c2ccccc2Cl)CCc2c(sc(N)c2C(=O)O)C1=O. The fourth-order valence-corrected chi connectivity index (χ4v) is 4.42. The van der Waals surface area contributed by atoms with Gasteiger partial charge in [-0.05, 0) is 30.0 Å². The zero-order valence-electron chi connectivity index (χ0n) is 11.8. The van der Waals surface area contributed by atoms with Crippen LogP contribution < -0.4 is 5.73 Å². The number of carboxylic acids is 1. The molecule has 0 aliphatic heterocycles. The number of hydrogen-bond acceptors (Lipinski definition) is 5. The van der Waals surface area contributed by atoms with Gasteiger partial charge in [-0.25, -0.2) is 4.79 Å². The van der Waals surface area contributed by atoms with Crippen LogP contribution in [0.2, 0.25) is 5.02 Å². The van der Waals surface area contributed by atoms with Gasteiger partial charge in [-0.3, -0.25) is 4.79 Å². The first-order valence-electron chi connectivity index (χ1n) is 6.78. The van der Waals surface area contributed by atoms with Crippen molar-refractivity contribution < 1.29 is 14.7 Å². The Labute approximate surface area is 140 Å². The smallest absolute Gasteiger partial charge is 0.338 e. The number of nitrogens with two attached hydrogens (primary N) is 1. The summed E-state index contributed by atoms with van der Waals surface area (Å²) in [6.45, 7) is 0. The number of hydrogen-bond donors (Lipinski definition) is 2. The van der Waals surface area contributed by atoms with Crippen LogP contribution in [-0.4, -0.2) is 16.9 Å². The van der Waals surface area contributed by atoms with Crippen molar-refractivity contribution in [1.29, 1.82) is 5.26 Å². The molecule has 1 atom stereocenters. The molecule has 0 saturated heterocycles. The normalized spacial score (nSPS) is 19.9. The number of fused-ring (bicyclic) bond motifs is 1. The average molecular weight is 347 g/mol. The van der Waals surface area contributed by atoms with E-state index in [0.717, 1.165) is 11.3 Å². The summed E-state index contributed by atoms with van der Waals surface area (Å²) in [6.07, 6.45) is 0.463. The van der Waals surface area contributed by atoms with Crippen molar-refractivity contribution in [2.45, 2.75) is 18.3 Å². The summed E-state index contributed by atoms with van der Waals surface area (Å²) >= 11 is 7.11. The van der Waals surface area contributed by atoms with Crippen molar-refractivity contribution in [3.8, 4) is 6.07 Å². The highest BCUT2D eigenvalue weighted by Crippen LogP contribution is 2.45. The lowest BCUT2D eigenvalue weighted by atomic mass is 9.69. The second-order valence-corrected chi connectivity index (χ2v) is 6.74. The molecule has 1 aliphatic rings. The number of ketones is 1. The molecule has 7 heteroatoms. The lowest BCUT2D eigenvalue weighted by Gasteiger charge is -2.30. The number of aromatic carboxylic acids is 1. The lowest BCUT2D eigenvalue weighted by Crippen LogP contribution is -2.38. The second kappa shape index (κ2) is 5.37. The number of thiophene rings is 1. The molecule has 1 aliphatic carbocycles. The molecule has 0 spiro atoms. The number of nitriles is 1. The molecule has 2 aromatic rings. The third-order valence-corrected chi connectivity index (χ3v) is 5.51. The van der Waals surface area contributed by atoms with Gasteiger partial charge in [0.2, 0.25) is 0 Å². The molecule has 1 aromatic carbocycles. The van der Waals surface area contributed by atoms with Crippen LogP contribution in [0.1, 0.15) is 37.6 Å². The van der Waals surface area contributed by atoms with Gasteiger partial charge >= 0.3 is 5.97 Å². The topological polar surface area (TPSA) is 104 Å². The van der Waals surface area contributed by atoms with Crippen molar-refractivity contribution in [3.63, 3.8) is 0 Å². The van der Waals surface area contributed by atoms with Gasteiger partial charge in [0.25, 0.3) is 0 Å². The lowest BCUT2D eigenvalue weighted by molar-refractivity contribution is 0.0697. The van der Waals surface area contributed by atoms with Crippen LogP contribution >= 0.6 is 22.9 Å². The zero-order chi connectivity index (χ0) is 16.8. The maximum Gasteiger partial charge on any atom is 0.338 e. The van der Waals surface area contributed by atoms with E-state index in [1.54, 1.807) is 24.3 Å². The first-order chi connectivity index (χ1) is 10.9. The van der Waals surface area contributed by atoms with Gasteiger partial charge in [0, 0.05) is 5.02 Å². The average Bonchev–Trinajstić information content (AvgIpc) is 2.86. The van der Waals surface area contributed by atoms with Gasteiger partial charge in [-0.2, -0.15) is 5.26 Å². The summed E-state index contributed by atoms with van der Waals surface area (Å²) in [6, 6.07) is 8.83. The Kier molecular flexibility index (Phi) is 3.63. The fraction of sp³-hybridized carbons (Fsp3) is 0.188. The summed E-state index contributed by atoms with van der Waals surface area (Å²) in [7, 11) is 0. The van der Waals surface area contributed by atoms with E-state index >= 15 is 0 Å². The minimum absolute atomic E-state index is 0.0240. The molecule has 0 bridgehead atoms. The summed E-state index contributed by atoms with van der Waals surface area (Å²) in [5, 5.41) is 19.4. The van der Waals surface area contributed by atoms with Gasteiger partial charge in [0.1, 0.15) is 10.4 Å². The van der Waals surface area contributed by atoms with Gasteiger partial charge in [-0.15, -0.1) is 11.3 Å². The Morgan fingerprint density at radius 2 is 2.13 bits per heavy atom. The number of rotatable bonds is 2. The maximum atomic E-state index is 13.0. The van der Waals surface area contributed by atoms with Gasteiger partial charge in [-0.1, -0.05) is 29.8 Å². The molecule has 0 amide bonds. The minimum Gasteiger partial charge on any atom is -0.478 e. The summed E-state index contributed by atoms with van der Waals surface area (Å²) in [4.78, 5) is 24.6. The van der Waals surface area contributed by atoms with Crippen LogP contribution in [0.3, 0.4) is 0 Å². The van der Waals surface area contributed by atoms with E-state index in [-0.39, 0.29) is 28.3 Å². The van der Waals surface area contributed by atoms with E-state index in [4.69, 9.17) is 17.3 Å². The van der Waals surface area contributed by atoms with E-state index in [1.807, 2.05) is 0 Å². The Bertz CT molecular complexity index is 884. The maximum absolute atomic E-state index is 13.0. The summed E-state index contributed by atoms with van der Waals surface area (Å²) in [5.41, 5.74) is 5.20. The molecule has 0 radical (unpaired) electrons. The number of carbonyl (C=O) groups excluding carboxylic acids is 1. The Morgan fingerprint density at radius 3 is 2.74 bits per heavy atom. The molecule has 23 heavy (non-hydrogen) atoms. The third-order valence-electron chi connectivity index (χ3n) is 4.12. The summed E-state index contributed by atoms with van der Waals surface area (Å²) < 4.78 is 0. The van der Waals surface area contributed by atoms with Crippen molar-refractivity contribution in [1.82, 2.24) is 0 Å². The third kappa shape index (κ3) is 2.12. The van der Waals surface area contributed by atoms with Crippen LogP contribution in [-0.2, 0) is 11.8 Å². The van der Waals surface area contributed by atoms with E-state index in [2.05, 4.69) is 6.07 Å². The number of carboxylic acid groups (broad SMARTS) is 1. The quantitative estimate of drug-likeness (QED) is 0.868. The number of anilines is 1. The summed E-state index contributed by atoms with van der Waals surface area (Å²) in [5.74, 6) is -1.59. The molecule has 0 saturated carbocycles. The molecule has 3 rings (SSSR count). The molecule has 1 aromatic heterocycles. The van der Waals surface area contributed by atoms with Crippen LogP contribution in [0.4, 0.5) is 5.00 Å². The number of benzene rings is 1. The predicted octanol–water partition coefficient (Wildman–Crippen LogP) is 3.27. The second-order valence-electron chi connectivity index (χ2n) is 5.28. The van der Waals surface area contributed by atoms with Crippen molar-refractivity contribution >= 4 is 39.7 Å². The fourth-order valence-electron chi connectivity index (χ4n) is 2.99. The van der Waals surface area contributed by atoms with Gasteiger partial charge < -0.3 is 10.8 Å². The van der Waals surface area contributed by atoms with E-state index in [0.29, 0.717) is 16.1 Å². The molecule has 1 heterocycles. The molecule has 1 unspecified atom stereocenters. The number of nitrogens with zero attached hydrogens (tertiary/aromatic N) is 1. The predicted molar refractivity (Wildman–Crippen MR) is 87.1 cm³/mol. The standard InChI is InChI=1S/C16H11ClN2O3S/c17-10-4-2-1-3-9(10)16(7-18)6-5-8-11(15(21)22)14(19)23-12(8)13(16)20/h1-4H,5-6,19H2,(H,21,22). The highest BCUT2D eigenvalue weighted by molar-refractivity contribution is 7.18. The van der Waals surface area contributed by atoms with Gasteiger partial charge in [0.15, 0.2) is 5.78 Å². The minimum atomic E-state index is -1.40. The van der Waals surface area contributed by atoms with Crippen LogP contribution in [0.5, 0.6) is 0 Å². The first kappa shape index (κ1) is 15.5. The largest absolute Gasteiger partial charge is 0.478 e. The van der Waals surface area contributed by atoms with Crippen molar-refractivity contribution in [2.75, 3.05) is 5.73 Å². The zero-order valence-corrected chi connectivity index (χ0v) is 13.4. The number of nitrogen functional groups attached to an aromatic ring is 1. The van der Waals surface area contributed by atoms with Crippen LogP contribution in [0.25, 0.3) is 0 Å². The van der Waals surface area contributed by atoms with Crippen molar-refractivity contribution in [3.05, 3.63) is 50.9 Å². The van der Waals surface area contributed by atoms with E-state index < -0.39 is 17.2 Å². The Balaban J connectivity index is 2.21. The van der Waals surface area contributed by atoms with Crippen LogP contribution in [0.15, 0.2) is 24.3 Å². The molecule has 5 nitrogen and oxygen atoms in total. The Hall–Kier alpha value is -2.36. The monoisotopic (exact) mass is 346 g/mol. The highest BCUT2D eigenvalue weighted by Gasteiger charge is 2.48. The van der Waals surface area contributed by atoms with Crippen molar-refractivity contribution in [2.24, 2.45) is 0 Å². The molecule has 0 fully saturated rings. The molecular formula is C16H11ClN2O3S. The number of Topliss-reactive ketones (excluding diaryl/α,β-unsaturated/α-hetero) is 1. The van der Waals surface area contributed by atoms with Crippen LogP contribution in [0, 0.1) is 11.3 Å². The van der Waals surface area contributed by atoms with E-state index in [1.165, 1.54) is 0 Å². The van der Waals surface area contributed by atoms with Gasteiger partial charge in [0.05, 0.1) is 16.5 Å². The first-order valence-corrected chi connectivity index (χ1v) is 7.97. The molecule has 116 valence electrons. The number of halogens is 1. The highest BCUT2D eigenvalue weighted by atomic mass is 35.5. The molecule has 3 N–H and O–H groups in total. The molecular weight excluding hydrogens is 336 g/mol. The number of carbonyl (C=O) groups is 2. The van der Waals surface area contributed by atoms with E-state index in [9.17, 15) is 20.0 Å².